The molecule has 4 rings (SSSR count). The number of aliphatic carboxylic acids is 1. The lowest BCUT2D eigenvalue weighted by molar-refractivity contribution is -0.145. The fourth-order valence-electron chi connectivity index (χ4n) is 5.04. The average Bonchev–Trinajstić information content (AvgIpc) is 3.10. The van der Waals surface area contributed by atoms with Crippen LogP contribution in [0, 0.1) is 17.3 Å². The Morgan fingerprint density at radius 3 is 2.06 bits per heavy atom. The van der Waals surface area contributed by atoms with Crippen LogP contribution in [0.15, 0.2) is 48.5 Å². The van der Waals surface area contributed by atoms with E-state index >= 15 is 0 Å². The molecule has 1 fully saturated rings. The summed E-state index contributed by atoms with van der Waals surface area (Å²) in [5.74, 6) is -1.89. The van der Waals surface area contributed by atoms with Gasteiger partial charge in [0.1, 0.15) is 12.6 Å². The van der Waals surface area contributed by atoms with E-state index in [1.54, 1.807) is 0 Å². The molecule has 7 nitrogen and oxygen atoms in total. The molecule has 1 unspecified atom stereocenters. The van der Waals surface area contributed by atoms with Crippen molar-refractivity contribution in [2.24, 2.45) is 17.3 Å². The number of ether oxygens (including phenoxy) is 1. The maximum Gasteiger partial charge on any atom is 0.407 e. The van der Waals surface area contributed by atoms with Gasteiger partial charge in [-0.05, 0) is 46.4 Å². The van der Waals surface area contributed by atoms with E-state index < -0.39 is 35.3 Å². The molecule has 0 radical (unpaired) electrons. The zero-order valence-electron chi connectivity index (χ0n) is 20.5. The monoisotopic (exact) mass is 478 g/mol. The second-order valence-corrected chi connectivity index (χ2v) is 10.6. The first-order chi connectivity index (χ1) is 16.7. The van der Waals surface area contributed by atoms with Crippen molar-refractivity contribution in [3.8, 4) is 11.1 Å². The zero-order chi connectivity index (χ0) is 25.2. The van der Waals surface area contributed by atoms with Gasteiger partial charge in [-0.25, -0.2) is 4.79 Å². The molecule has 0 aliphatic heterocycles. The van der Waals surface area contributed by atoms with Gasteiger partial charge in [0.15, 0.2) is 0 Å². The Morgan fingerprint density at radius 2 is 1.57 bits per heavy atom. The van der Waals surface area contributed by atoms with Crippen molar-refractivity contribution in [3.05, 3.63) is 59.7 Å². The standard InChI is InChI=1S/C28H34N2O5/c1-28(2,3)24(25(31)29-15-22(26(32)33)17-9-8-10-17)30-27(34)35-16-23-20-13-6-4-11-18(20)19-12-5-7-14-21(19)23/h4-7,11-14,17,22-24H,8-10,15-16H2,1-3H3,(H,29,31)(H,30,34)(H,32,33)/t22?,24-/m0/s1. The van der Waals surface area contributed by atoms with Crippen molar-refractivity contribution >= 4 is 18.0 Å². The van der Waals surface area contributed by atoms with Crippen LogP contribution >= 0.6 is 0 Å². The van der Waals surface area contributed by atoms with Gasteiger partial charge in [-0.3, -0.25) is 9.59 Å². The SMILES string of the molecule is CC(C)(C)[C@@H](NC(=O)OCC1c2ccccc2-c2ccccc21)C(=O)NCC(C(=O)O)C1CCC1. The van der Waals surface area contributed by atoms with Crippen molar-refractivity contribution < 1.29 is 24.2 Å². The van der Waals surface area contributed by atoms with Gasteiger partial charge in [0, 0.05) is 12.5 Å². The molecule has 1 saturated carbocycles. The van der Waals surface area contributed by atoms with Crippen molar-refractivity contribution in [3.63, 3.8) is 0 Å². The first-order valence-electron chi connectivity index (χ1n) is 12.3. The normalized spacial score (nSPS) is 16.9. The first kappa shape index (κ1) is 24.8. The van der Waals surface area contributed by atoms with Crippen LogP contribution in [0.2, 0.25) is 0 Å². The van der Waals surface area contributed by atoms with E-state index in [1.165, 1.54) is 0 Å². The third-order valence-corrected chi connectivity index (χ3v) is 7.27. The number of carbonyl (C=O) groups excluding carboxylic acids is 2. The molecule has 2 amide bonds. The minimum Gasteiger partial charge on any atom is -0.481 e. The summed E-state index contributed by atoms with van der Waals surface area (Å²) in [6.07, 6.45) is 2.09. The van der Waals surface area contributed by atoms with Crippen LogP contribution < -0.4 is 10.6 Å². The summed E-state index contributed by atoms with van der Waals surface area (Å²) in [6, 6.07) is 15.3. The predicted molar refractivity (Wildman–Crippen MR) is 133 cm³/mol. The summed E-state index contributed by atoms with van der Waals surface area (Å²) in [5, 5.41) is 15.0. The Kier molecular flexibility index (Phi) is 7.15. The lowest BCUT2D eigenvalue weighted by Crippen LogP contribution is -2.55. The van der Waals surface area contributed by atoms with Crippen molar-refractivity contribution in [2.45, 2.75) is 52.0 Å². The van der Waals surface area contributed by atoms with Gasteiger partial charge in [-0.2, -0.15) is 0 Å². The number of alkyl carbamates (subject to hydrolysis) is 1. The lowest BCUT2D eigenvalue weighted by atomic mass is 9.75. The summed E-state index contributed by atoms with van der Waals surface area (Å²) in [6.45, 7) is 5.75. The molecule has 2 aliphatic carbocycles. The van der Waals surface area contributed by atoms with E-state index in [0.29, 0.717) is 0 Å². The molecular formula is C28H34N2O5. The smallest absolute Gasteiger partial charge is 0.407 e. The summed E-state index contributed by atoms with van der Waals surface area (Å²) < 4.78 is 5.62. The van der Waals surface area contributed by atoms with Gasteiger partial charge in [0.25, 0.3) is 0 Å². The number of rotatable bonds is 8. The van der Waals surface area contributed by atoms with Gasteiger partial charge in [0.2, 0.25) is 5.91 Å². The molecule has 2 atom stereocenters. The fourth-order valence-corrected chi connectivity index (χ4v) is 5.04. The van der Waals surface area contributed by atoms with E-state index in [9.17, 15) is 19.5 Å². The molecular weight excluding hydrogens is 444 g/mol. The third kappa shape index (κ3) is 5.34. The number of nitrogens with one attached hydrogen (secondary N) is 2. The van der Waals surface area contributed by atoms with E-state index in [-0.39, 0.29) is 25.0 Å². The highest BCUT2D eigenvalue weighted by Gasteiger charge is 2.37. The Hall–Kier alpha value is -3.35. The first-order valence-corrected chi connectivity index (χ1v) is 12.3. The van der Waals surface area contributed by atoms with Crippen LogP contribution in [0.4, 0.5) is 4.79 Å². The largest absolute Gasteiger partial charge is 0.481 e. The maximum absolute atomic E-state index is 13.0. The minimum absolute atomic E-state index is 0.0534. The Morgan fingerprint density at radius 1 is 1.00 bits per heavy atom. The molecule has 2 aromatic rings. The number of benzene rings is 2. The lowest BCUT2D eigenvalue weighted by Gasteiger charge is -2.33. The van der Waals surface area contributed by atoms with Gasteiger partial charge in [0.05, 0.1) is 5.92 Å². The Labute approximate surface area is 206 Å². The maximum atomic E-state index is 13.0. The molecule has 0 bridgehead atoms. The summed E-state index contributed by atoms with van der Waals surface area (Å²) >= 11 is 0. The fraction of sp³-hybridized carbons (Fsp3) is 0.464. The summed E-state index contributed by atoms with van der Waals surface area (Å²) in [4.78, 5) is 37.4. The van der Waals surface area contributed by atoms with Gasteiger partial charge in [-0.15, -0.1) is 0 Å². The number of amides is 2. The van der Waals surface area contributed by atoms with Gasteiger partial charge in [-0.1, -0.05) is 75.7 Å². The number of hydrogen-bond acceptors (Lipinski definition) is 4. The van der Waals surface area contributed by atoms with Crippen LogP contribution in [-0.4, -0.2) is 42.3 Å². The Bertz CT molecular complexity index is 1060. The van der Waals surface area contributed by atoms with Crippen LogP contribution in [0.5, 0.6) is 0 Å². The molecule has 2 aliphatic rings. The average molecular weight is 479 g/mol. The highest BCUT2D eigenvalue weighted by molar-refractivity contribution is 5.87. The van der Waals surface area contributed by atoms with Crippen LogP contribution in [0.25, 0.3) is 11.1 Å². The topological polar surface area (TPSA) is 105 Å². The summed E-state index contributed by atoms with van der Waals surface area (Å²) in [7, 11) is 0. The quantitative estimate of drug-likeness (QED) is 0.516. The summed E-state index contributed by atoms with van der Waals surface area (Å²) in [5.41, 5.74) is 3.92. The van der Waals surface area contributed by atoms with E-state index in [4.69, 9.17) is 4.74 Å². The zero-order valence-corrected chi connectivity index (χ0v) is 20.5. The highest BCUT2D eigenvalue weighted by Crippen LogP contribution is 2.44. The predicted octanol–water partition coefficient (Wildman–Crippen LogP) is 4.56. The van der Waals surface area contributed by atoms with E-state index in [0.717, 1.165) is 41.5 Å². The van der Waals surface area contributed by atoms with Crippen LogP contribution in [0.3, 0.4) is 0 Å². The van der Waals surface area contributed by atoms with Gasteiger partial charge >= 0.3 is 12.1 Å². The van der Waals surface area contributed by atoms with E-state index in [1.807, 2.05) is 57.2 Å². The van der Waals surface area contributed by atoms with Crippen molar-refractivity contribution in [2.75, 3.05) is 13.2 Å². The van der Waals surface area contributed by atoms with Crippen LogP contribution in [0.1, 0.15) is 57.1 Å². The second-order valence-electron chi connectivity index (χ2n) is 10.6. The number of fused-ring (bicyclic) bond motifs is 3. The van der Waals surface area contributed by atoms with E-state index in [2.05, 4.69) is 22.8 Å². The molecule has 0 aromatic heterocycles. The van der Waals surface area contributed by atoms with Crippen molar-refractivity contribution in [1.82, 2.24) is 10.6 Å². The molecule has 0 heterocycles. The molecule has 2 aromatic carbocycles. The molecule has 35 heavy (non-hydrogen) atoms. The Balaban J connectivity index is 1.39. The number of carboxylic acids is 1. The molecule has 186 valence electrons. The highest BCUT2D eigenvalue weighted by atomic mass is 16.5. The molecule has 3 N–H and O–H groups in total. The number of hydrogen-bond donors (Lipinski definition) is 3. The number of carboxylic acid groups (broad SMARTS) is 1. The minimum atomic E-state index is -0.896. The van der Waals surface area contributed by atoms with Crippen LogP contribution in [-0.2, 0) is 14.3 Å². The van der Waals surface area contributed by atoms with Crippen molar-refractivity contribution in [1.29, 1.82) is 0 Å². The number of carbonyl (C=O) groups is 3. The molecule has 0 saturated heterocycles. The second kappa shape index (κ2) is 10.1. The molecule has 0 spiro atoms. The molecule has 7 heteroatoms. The third-order valence-electron chi connectivity index (χ3n) is 7.27. The van der Waals surface area contributed by atoms with Gasteiger partial charge < -0.3 is 20.5 Å².